The van der Waals surface area contributed by atoms with Gasteiger partial charge in [-0.1, -0.05) is 19.1 Å². The Balaban J connectivity index is 1.74. The first-order valence-electron chi connectivity index (χ1n) is 7.04. The lowest BCUT2D eigenvalue weighted by Crippen LogP contribution is -2.28. The molecular formula is C17H20N2O2. The van der Waals surface area contributed by atoms with Crippen LogP contribution in [0.5, 0.6) is 5.75 Å². The molecule has 0 saturated heterocycles. The van der Waals surface area contributed by atoms with Gasteiger partial charge in [0.15, 0.2) is 0 Å². The number of amides is 1. The van der Waals surface area contributed by atoms with Gasteiger partial charge in [0.25, 0.3) is 5.91 Å². The van der Waals surface area contributed by atoms with E-state index in [1.165, 1.54) is 5.56 Å². The van der Waals surface area contributed by atoms with Crippen LogP contribution in [-0.4, -0.2) is 19.1 Å². The number of aryl methyl sites for hydroxylation is 1. The molecule has 0 aromatic heterocycles. The zero-order chi connectivity index (χ0) is 15.1. The fourth-order valence-corrected chi connectivity index (χ4v) is 1.89. The highest BCUT2D eigenvalue weighted by molar-refractivity contribution is 5.94. The van der Waals surface area contributed by atoms with Crippen molar-refractivity contribution < 1.29 is 9.53 Å². The van der Waals surface area contributed by atoms with Crippen LogP contribution in [0.15, 0.2) is 48.5 Å². The third kappa shape index (κ3) is 4.53. The molecule has 0 saturated carbocycles. The van der Waals surface area contributed by atoms with Crippen molar-refractivity contribution in [3.05, 3.63) is 59.7 Å². The number of nitrogen functional groups attached to an aromatic ring is 1. The highest BCUT2D eigenvalue weighted by Crippen LogP contribution is 2.12. The van der Waals surface area contributed by atoms with Gasteiger partial charge >= 0.3 is 0 Å². The van der Waals surface area contributed by atoms with Gasteiger partial charge in [-0.2, -0.15) is 0 Å². The van der Waals surface area contributed by atoms with E-state index in [1.807, 2.05) is 24.3 Å². The normalized spacial score (nSPS) is 10.1. The predicted molar refractivity (Wildman–Crippen MR) is 84.5 cm³/mol. The highest BCUT2D eigenvalue weighted by Gasteiger charge is 2.04. The molecule has 4 nitrogen and oxygen atoms in total. The van der Waals surface area contributed by atoms with Crippen LogP contribution in [0.25, 0.3) is 0 Å². The van der Waals surface area contributed by atoms with Gasteiger partial charge in [-0.05, 0) is 48.4 Å². The Hall–Kier alpha value is -2.49. The zero-order valence-corrected chi connectivity index (χ0v) is 12.1. The van der Waals surface area contributed by atoms with Crippen LogP contribution in [0, 0.1) is 0 Å². The number of nitrogens with one attached hydrogen (secondary N) is 1. The molecule has 3 N–H and O–H groups in total. The van der Waals surface area contributed by atoms with E-state index in [1.54, 1.807) is 24.3 Å². The van der Waals surface area contributed by atoms with Crippen molar-refractivity contribution in [1.82, 2.24) is 5.32 Å². The number of ether oxygens (including phenoxy) is 1. The summed E-state index contributed by atoms with van der Waals surface area (Å²) < 4.78 is 5.51. The minimum absolute atomic E-state index is 0.0847. The van der Waals surface area contributed by atoms with Gasteiger partial charge in [-0.3, -0.25) is 4.79 Å². The second-order valence-corrected chi connectivity index (χ2v) is 4.72. The van der Waals surface area contributed by atoms with Gasteiger partial charge in [0.05, 0.1) is 6.54 Å². The molecule has 21 heavy (non-hydrogen) atoms. The molecule has 0 radical (unpaired) electrons. The van der Waals surface area contributed by atoms with Crippen molar-refractivity contribution in [2.45, 2.75) is 13.3 Å². The number of nitrogens with two attached hydrogens (primary N) is 1. The third-order valence-electron chi connectivity index (χ3n) is 3.16. The smallest absolute Gasteiger partial charge is 0.251 e. The minimum atomic E-state index is -0.0847. The Kier molecular flexibility index (Phi) is 5.21. The predicted octanol–water partition coefficient (Wildman–Crippen LogP) is 2.64. The average Bonchev–Trinajstić information content (AvgIpc) is 2.53. The standard InChI is InChI=1S/C17H20N2O2/c1-2-13-3-5-14(6-4-13)17(20)19-11-12-21-16-9-7-15(18)8-10-16/h3-10H,2,11-12,18H2,1H3,(H,19,20). The molecule has 0 atom stereocenters. The first-order chi connectivity index (χ1) is 10.2. The molecule has 2 aromatic rings. The molecule has 0 aliphatic carbocycles. The van der Waals surface area contributed by atoms with Crippen LogP contribution < -0.4 is 15.8 Å². The summed E-state index contributed by atoms with van der Waals surface area (Å²) in [7, 11) is 0. The average molecular weight is 284 g/mol. The van der Waals surface area contributed by atoms with Crippen LogP contribution in [0.4, 0.5) is 5.69 Å². The van der Waals surface area contributed by atoms with E-state index in [0.717, 1.165) is 12.2 Å². The summed E-state index contributed by atoms with van der Waals surface area (Å²) in [5, 5.41) is 2.83. The topological polar surface area (TPSA) is 64.3 Å². The van der Waals surface area contributed by atoms with Crippen molar-refractivity contribution in [1.29, 1.82) is 0 Å². The van der Waals surface area contributed by atoms with Crippen LogP contribution in [-0.2, 0) is 6.42 Å². The summed E-state index contributed by atoms with van der Waals surface area (Å²) in [5.41, 5.74) is 8.18. The Labute approximate surface area is 124 Å². The van der Waals surface area contributed by atoms with E-state index in [0.29, 0.717) is 24.4 Å². The maximum Gasteiger partial charge on any atom is 0.251 e. The van der Waals surface area contributed by atoms with E-state index < -0.39 is 0 Å². The Bertz CT molecular complexity index is 577. The quantitative estimate of drug-likeness (QED) is 0.633. The lowest BCUT2D eigenvalue weighted by molar-refractivity contribution is 0.0947. The van der Waals surface area contributed by atoms with Gasteiger partial charge in [0.2, 0.25) is 0 Å². The molecule has 0 fully saturated rings. The lowest BCUT2D eigenvalue weighted by Gasteiger charge is -2.08. The number of hydrogen-bond donors (Lipinski definition) is 2. The molecule has 0 aliphatic heterocycles. The molecule has 0 spiro atoms. The van der Waals surface area contributed by atoms with Crippen molar-refractivity contribution >= 4 is 11.6 Å². The van der Waals surface area contributed by atoms with E-state index in [-0.39, 0.29) is 5.91 Å². The van der Waals surface area contributed by atoms with Gasteiger partial charge in [0.1, 0.15) is 12.4 Å². The van der Waals surface area contributed by atoms with Crippen LogP contribution in [0.1, 0.15) is 22.8 Å². The largest absolute Gasteiger partial charge is 0.492 e. The van der Waals surface area contributed by atoms with Crippen molar-refractivity contribution in [2.24, 2.45) is 0 Å². The summed E-state index contributed by atoms with van der Waals surface area (Å²) in [4.78, 5) is 11.9. The van der Waals surface area contributed by atoms with Gasteiger partial charge < -0.3 is 15.8 Å². The Morgan fingerprint density at radius 3 is 2.38 bits per heavy atom. The monoisotopic (exact) mass is 284 g/mol. The minimum Gasteiger partial charge on any atom is -0.492 e. The third-order valence-corrected chi connectivity index (χ3v) is 3.16. The van der Waals surface area contributed by atoms with Crippen LogP contribution in [0.3, 0.4) is 0 Å². The molecule has 1 amide bonds. The van der Waals surface area contributed by atoms with Crippen LogP contribution >= 0.6 is 0 Å². The second-order valence-electron chi connectivity index (χ2n) is 4.72. The molecule has 2 aromatic carbocycles. The maximum absolute atomic E-state index is 11.9. The number of benzene rings is 2. The summed E-state index contributed by atoms with van der Waals surface area (Å²) >= 11 is 0. The number of anilines is 1. The SMILES string of the molecule is CCc1ccc(C(=O)NCCOc2ccc(N)cc2)cc1. The fourth-order valence-electron chi connectivity index (χ4n) is 1.89. The zero-order valence-electron chi connectivity index (χ0n) is 12.1. The van der Waals surface area contributed by atoms with Crippen molar-refractivity contribution in [3.63, 3.8) is 0 Å². The second kappa shape index (κ2) is 7.33. The van der Waals surface area contributed by atoms with Crippen molar-refractivity contribution in [2.75, 3.05) is 18.9 Å². The van der Waals surface area contributed by atoms with Crippen LogP contribution in [0.2, 0.25) is 0 Å². The number of carbonyl (C=O) groups excluding carboxylic acids is 1. The molecule has 110 valence electrons. The fraction of sp³-hybridized carbons (Fsp3) is 0.235. The molecular weight excluding hydrogens is 264 g/mol. The van der Waals surface area contributed by atoms with Crippen molar-refractivity contribution in [3.8, 4) is 5.75 Å². The lowest BCUT2D eigenvalue weighted by atomic mass is 10.1. The summed E-state index contributed by atoms with van der Waals surface area (Å²) in [6.07, 6.45) is 0.970. The Morgan fingerprint density at radius 1 is 1.10 bits per heavy atom. The molecule has 2 rings (SSSR count). The van der Waals surface area contributed by atoms with Gasteiger partial charge in [0, 0.05) is 11.3 Å². The molecule has 0 aliphatic rings. The highest BCUT2D eigenvalue weighted by atomic mass is 16.5. The number of carbonyl (C=O) groups is 1. The number of hydrogen-bond acceptors (Lipinski definition) is 3. The van der Waals surface area contributed by atoms with E-state index in [2.05, 4.69) is 12.2 Å². The molecule has 0 unspecified atom stereocenters. The summed E-state index contributed by atoms with van der Waals surface area (Å²) in [6, 6.07) is 14.8. The van der Waals surface area contributed by atoms with E-state index in [9.17, 15) is 4.79 Å². The molecule has 0 heterocycles. The molecule has 0 bridgehead atoms. The number of rotatable bonds is 6. The first-order valence-corrected chi connectivity index (χ1v) is 7.04. The summed E-state index contributed by atoms with van der Waals surface area (Å²) in [5.74, 6) is 0.657. The first kappa shape index (κ1) is 14.9. The molecule has 4 heteroatoms. The maximum atomic E-state index is 11.9. The summed E-state index contributed by atoms with van der Waals surface area (Å²) in [6.45, 7) is 2.96. The van der Waals surface area contributed by atoms with E-state index >= 15 is 0 Å². The van der Waals surface area contributed by atoms with E-state index in [4.69, 9.17) is 10.5 Å². The Morgan fingerprint density at radius 2 is 1.76 bits per heavy atom. The van der Waals surface area contributed by atoms with Gasteiger partial charge in [-0.25, -0.2) is 0 Å². The van der Waals surface area contributed by atoms with Gasteiger partial charge in [-0.15, -0.1) is 0 Å².